The fourth-order valence-electron chi connectivity index (χ4n) is 2.93. The van der Waals surface area contributed by atoms with Gasteiger partial charge in [0, 0.05) is 25.6 Å². The van der Waals surface area contributed by atoms with Crippen molar-refractivity contribution in [3.05, 3.63) is 35.6 Å². The molecule has 2 atom stereocenters. The molecule has 0 aliphatic carbocycles. The molecule has 1 aliphatic heterocycles. The summed E-state index contributed by atoms with van der Waals surface area (Å²) in [4.78, 5) is 13.7. The highest BCUT2D eigenvalue weighted by atomic mass is 19.1. The molecule has 1 heterocycles. The Bertz CT molecular complexity index is 477. The summed E-state index contributed by atoms with van der Waals surface area (Å²) in [6.07, 6.45) is 2.30. The van der Waals surface area contributed by atoms with Crippen LogP contribution in [0.3, 0.4) is 0 Å². The van der Waals surface area contributed by atoms with E-state index in [1.807, 2.05) is 6.92 Å². The van der Waals surface area contributed by atoms with Gasteiger partial charge >= 0.3 is 6.09 Å². The monoisotopic (exact) mass is 309 g/mol. The van der Waals surface area contributed by atoms with E-state index in [0.717, 1.165) is 24.8 Å². The predicted octanol–water partition coefficient (Wildman–Crippen LogP) is 3.16. The number of likely N-dealkylation sites (tertiary alicyclic amines) is 1. The first-order valence-corrected chi connectivity index (χ1v) is 7.93. The number of carbonyl (C=O) groups excluding carboxylic acids is 1. The zero-order chi connectivity index (χ0) is 15.9. The molecule has 1 aromatic carbocycles. The van der Waals surface area contributed by atoms with Gasteiger partial charge < -0.3 is 14.7 Å². The van der Waals surface area contributed by atoms with Crippen LogP contribution in [-0.4, -0.2) is 42.4 Å². The van der Waals surface area contributed by atoms with E-state index in [1.165, 1.54) is 12.1 Å². The van der Waals surface area contributed by atoms with Gasteiger partial charge in [0.2, 0.25) is 0 Å². The lowest BCUT2D eigenvalue weighted by atomic mass is 9.81. The molecule has 0 bridgehead atoms. The number of carbonyl (C=O) groups is 1. The summed E-state index contributed by atoms with van der Waals surface area (Å²) in [6, 6.07) is 6.40. The van der Waals surface area contributed by atoms with Crippen molar-refractivity contribution in [1.29, 1.82) is 0 Å². The quantitative estimate of drug-likeness (QED) is 0.850. The van der Waals surface area contributed by atoms with Crippen molar-refractivity contribution in [1.82, 2.24) is 4.90 Å². The lowest BCUT2D eigenvalue weighted by molar-refractivity contribution is 0.0646. The molecule has 2 unspecified atom stereocenters. The van der Waals surface area contributed by atoms with Crippen molar-refractivity contribution in [3.8, 4) is 0 Å². The Kier molecular flexibility index (Phi) is 6.19. The number of amides is 1. The molecular formula is C17H24FNO3. The number of unbranched alkanes of at least 4 members (excludes halogenated alkanes) is 1. The van der Waals surface area contributed by atoms with Crippen molar-refractivity contribution >= 4 is 6.09 Å². The van der Waals surface area contributed by atoms with Gasteiger partial charge in [0.05, 0.1) is 6.61 Å². The Labute approximate surface area is 130 Å². The van der Waals surface area contributed by atoms with E-state index in [9.17, 15) is 14.3 Å². The number of rotatable bonds is 5. The van der Waals surface area contributed by atoms with Gasteiger partial charge in [0.15, 0.2) is 0 Å². The minimum atomic E-state index is -0.301. The smallest absolute Gasteiger partial charge is 0.409 e. The molecule has 1 saturated heterocycles. The first-order valence-electron chi connectivity index (χ1n) is 7.93. The highest BCUT2D eigenvalue weighted by Gasteiger charge is 2.32. The minimum Gasteiger partial charge on any atom is -0.449 e. The summed E-state index contributed by atoms with van der Waals surface area (Å²) in [5.41, 5.74) is 1.01. The summed E-state index contributed by atoms with van der Waals surface area (Å²) in [5.74, 6) is -0.163. The summed E-state index contributed by atoms with van der Waals surface area (Å²) in [7, 11) is 0. The van der Waals surface area contributed by atoms with Crippen LogP contribution in [0.25, 0.3) is 0 Å². The molecule has 1 fully saturated rings. The van der Waals surface area contributed by atoms with Gasteiger partial charge in [-0.05, 0) is 36.5 Å². The van der Waals surface area contributed by atoms with Gasteiger partial charge in [-0.2, -0.15) is 0 Å². The molecule has 0 spiro atoms. The number of halogens is 1. The van der Waals surface area contributed by atoms with E-state index < -0.39 is 0 Å². The van der Waals surface area contributed by atoms with Gasteiger partial charge in [-0.25, -0.2) is 9.18 Å². The van der Waals surface area contributed by atoms with E-state index in [-0.39, 0.29) is 30.4 Å². The zero-order valence-corrected chi connectivity index (χ0v) is 13.0. The lowest BCUT2D eigenvalue weighted by Crippen LogP contribution is -2.44. The van der Waals surface area contributed by atoms with Crippen LogP contribution in [0.5, 0.6) is 0 Å². The highest BCUT2D eigenvalue weighted by molar-refractivity contribution is 5.67. The number of aliphatic hydroxyl groups excluding tert-OH is 1. The number of ether oxygens (including phenoxy) is 1. The van der Waals surface area contributed by atoms with Crippen molar-refractivity contribution < 1.29 is 19.0 Å². The molecular weight excluding hydrogens is 285 g/mol. The Hall–Kier alpha value is -1.62. The molecule has 1 aromatic rings. The summed E-state index contributed by atoms with van der Waals surface area (Å²) < 4.78 is 18.3. The van der Waals surface area contributed by atoms with Gasteiger partial charge in [0.25, 0.3) is 0 Å². The van der Waals surface area contributed by atoms with Crippen molar-refractivity contribution in [2.45, 2.75) is 32.1 Å². The molecule has 0 aromatic heterocycles. The third-order valence-electron chi connectivity index (χ3n) is 4.25. The Morgan fingerprint density at radius 2 is 2.14 bits per heavy atom. The van der Waals surface area contributed by atoms with Gasteiger partial charge in [0.1, 0.15) is 5.82 Å². The second kappa shape index (κ2) is 8.13. The maximum atomic E-state index is 13.0. The minimum absolute atomic E-state index is 0.000777. The molecule has 122 valence electrons. The maximum absolute atomic E-state index is 13.0. The number of hydrogen-bond acceptors (Lipinski definition) is 3. The van der Waals surface area contributed by atoms with Crippen LogP contribution in [0.1, 0.15) is 37.7 Å². The molecule has 4 nitrogen and oxygen atoms in total. The molecule has 1 aliphatic rings. The van der Waals surface area contributed by atoms with Crippen LogP contribution in [0.2, 0.25) is 0 Å². The van der Waals surface area contributed by atoms with Crippen LogP contribution in [0.15, 0.2) is 24.3 Å². The molecule has 5 heteroatoms. The summed E-state index contributed by atoms with van der Waals surface area (Å²) >= 11 is 0. The van der Waals surface area contributed by atoms with Crippen molar-refractivity contribution in [3.63, 3.8) is 0 Å². The van der Waals surface area contributed by atoms with E-state index in [4.69, 9.17) is 4.74 Å². The molecule has 1 amide bonds. The second-order valence-electron chi connectivity index (χ2n) is 5.80. The Balaban J connectivity index is 1.96. The third-order valence-corrected chi connectivity index (χ3v) is 4.25. The van der Waals surface area contributed by atoms with Gasteiger partial charge in [-0.1, -0.05) is 25.5 Å². The van der Waals surface area contributed by atoms with E-state index in [0.29, 0.717) is 19.7 Å². The zero-order valence-electron chi connectivity index (χ0n) is 13.0. The maximum Gasteiger partial charge on any atom is 0.409 e. The SMILES string of the molecule is CCCCOC(=O)N1CCC(c2ccc(F)cc2)C(CO)C1. The first kappa shape index (κ1) is 16.7. The summed E-state index contributed by atoms with van der Waals surface area (Å²) in [6.45, 7) is 3.56. The number of piperidine rings is 1. The van der Waals surface area contributed by atoms with E-state index in [1.54, 1.807) is 17.0 Å². The Morgan fingerprint density at radius 3 is 2.77 bits per heavy atom. The number of hydrogen-bond donors (Lipinski definition) is 1. The molecule has 2 rings (SSSR count). The third kappa shape index (κ3) is 4.19. The fraction of sp³-hybridized carbons (Fsp3) is 0.588. The van der Waals surface area contributed by atoms with E-state index in [2.05, 4.69) is 0 Å². The van der Waals surface area contributed by atoms with E-state index >= 15 is 0 Å². The molecule has 0 saturated carbocycles. The number of benzene rings is 1. The summed E-state index contributed by atoms with van der Waals surface area (Å²) in [5, 5.41) is 9.64. The van der Waals surface area contributed by atoms with Gasteiger partial charge in [-0.15, -0.1) is 0 Å². The standard InChI is InChI=1S/C17H24FNO3/c1-2-3-10-22-17(21)19-9-8-16(14(11-19)12-20)13-4-6-15(18)7-5-13/h4-7,14,16,20H,2-3,8-12H2,1H3. The van der Waals surface area contributed by atoms with Crippen LogP contribution >= 0.6 is 0 Å². The largest absolute Gasteiger partial charge is 0.449 e. The highest BCUT2D eigenvalue weighted by Crippen LogP contribution is 2.33. The molecule has 0 radical (unpaired) electrons. The number of nitrogens with zero attached hydrogens (tertiary/aromatic N) is 1. The van der Waals surface area contributed by atoms with Crippen molar-refractivity contribution in [2.24, 2.45) is 5.92 Å². The molecule has 1 N–H and O–H groups in total. The first-order chi connectivity index (χ1) is 10.7. The predicted molar refractivity (Wildman–Crippen MR) is 82.2 cm³/mol. The topological polar surface area (TPSA) is 49.8 Å². The normalized spacial score (nSPS) is 21.7. The number of aliphatic hydroxyl groups is 1. The molecule has 22 heavy (non-hydrogen) atoms. The van der Waals surface area contributed by atoms with Crippen LogP contribution in [0, 0.1) is 11.7 Å². The fourth-order valence-corrected chi connectivity index (χ4v) is 2.93. The van der Waals surface area contributed by atoms with Crippen molar-refractivity contribution in [2.75, 3.05) is 26.3 Å². The van der Waals surface area contributed by atoms with Crippen LogP contribution in [-0.2, 0) is 4.74 Å². The lowest BCUT2D eigenvalue weighted by Gasteiger charge is -2.37. The van der Waals surface area contributed by atoms with Gasteiger partial charge in [-0.3, -0.25) is 0 Å². The average Bonchev–Trinajstić information content (AvgIpc) is 2.55. The van der Waals surface area contributed by atoms with Crippen LogP contribution < -0.4 is 0 Å². The van der Waals surface area contributed by atoms with Crippen LogP contribution in [0.4, 0.5) is 9.18 Å². The average molecular weight is 309 g/mol. The Morgan fingerprint density at radius 1 is 1.41 bits per heavy atom. The second-order valence-corrected chi connectivity index (χ2v) is 5.80.